The fourth-order valence-electron chi connectivity index (χ4n) is 2.76. The molecule has 3 rings (SSSR count). The number of carbonyl (C=O) groups excluding carboxylic acids is 1. The summed E-state index contributed by atoms with van der Waals surface area (Å²) in [7, 11) is 3.17. The van der Waals surface area contributed by atoms with Gasteiger partial charge in [0.15, 0.2) is 0 Å². The van der Waals surface area contributed by atoms with Gasteiger partial charge in [0, 0.05) is 29.8 Å². The SMILES string of the molecule is CCN(Cc1nc(-c2ccccc2)no1)C(=O)/C=C/c1ccc(OC)cc1OC. The number of benzene rings is 2. The summed E-state index contributed by atoms with van der Waals surface area (Å²) in [5.74, 6) is 2.04. The van der Waals surface area contributed by atoms with E-state index in [1.54, 1.807) is 31.3 Å². The zero-order valence-electron chi connectivity index (χ0n) is 16.7. The van der Waals surface area contributed by atoms with Crippen LogP contribution in [0.25, 0.3) is 17.5 Å². The van der Waals surface area contributed by atoms with E-state index < -0.39 is 0 Å². The number of hydrogen-bond acceptors (Lipinski definition) is 6. The Bertz CT molecular complexity index is 983. The van der Waals surface area contributed by atoms with Crippen LogP contribution in [0.2, 0.25) is 0 Å². The summed E-state index contributed by atoms with van der Waals surface area (Å²) < 4.78 is 15.9. The lowest BCUT2D eigenvalue weighted by Crippen LogP contribution is -2.28. The van der Waals surface area contributed by atoms with Crippen molar-refractivity contribution in [2.24, 2.45) is 0 Å². The molecule has 2 aromatic carbocycles. The fraction of sp³-hybridized carbons (Fsp3) is 0.227. The molecule has 0 aliphatic rings. The van der Waals surface area contributed by atoms with Gasteiger partial charge in [0.1, 0.15) is 18.0 Å². The minimum Gasteiger partial charge on any atom is -0.497 e. The Kier molecular flexibility index (Phi) is 6.63. The molecular formula is C22H23N3O4. The van der Waals surface area contributed by atoms with Gasteiger partial charge in [-0.1, -0.05) is 35.5 Å². The highest BCUT2D eigenvalue weighted by Crippen LogP contribution is 2.25. The van der Waals surface area contributed by atoms with E-state index in [9.17, 15) is 4.79 Å². The molecule has 0 N–H and O–H groups in total. The Morgan fingerprint density at radius 3 is 2.62 bits per heavy atom. The molecule has 7 heteroatoms. The highest BCUT2D eigenvalue weighted by Gasteiger charge is 2.15. The fourth-order valence-corrected chi connectivity index (χ4v) is 2.76. The number of rotatable bonds is 8. The number of ether oxygens (including phenoxy) is 2. The van der Waals surface area contributed by atoms with Crippen molar-refractivity contribution in [1.82, 2.24) is 15.0 Å². The third-order valence-electron chi connectivity index (χ3n) is 4.37. The van der Waals surface area contributed by atoms with Gasteiger partial charge in [0.2, 0.25) is 17.6 Å². The molecule has 0 atom stereocenters. The zero-order valence-corrected chi connectivity index (χ0v) is 16.7. The van der Waals surface area contributed by atoms with Crippen LogP contribution in [-0.2, 0) is 11.3 Å². The maximum atomic E-state index is 12.6. The molecule has 1 aromatic heterocycles. The van der Waals surface area contributed by atoms with Crippen LogP contribution in [0.15, 0.2) is 59.1 Å². The van der Waals surface area contributed by atoms with E-state index in [4.69, 9.17) is 14.0 Å². The average molecular weight is 393 g/mol. The molecule has 0 saturated carbocycles. The smallest absolute Gasteiger partial charge is 0.247 e. The lowest BCUT2D eigenvalue weighted by Gasteiger charge is -2.16. The van der Waals surface area contributed by atoms with Crippen LogP contribution in [0.3, 0.4) is 0 Å². The van der Waals surface area contributed by atoms with Crippen LogP contribution in [0.4, 0.5) is 0 Å². The van der Waals surface area contributed by atoms with E-state index in [0.29, 0.717) is 29.8 Å². The van der Waals surface area contributed by atoms with E-state index in [1.165, 1.54) is 6.08 Å². The van der Waals surface area contributed by atoms with Crippen LogP contribution in [0.5, 0.6) is 11.5 Å². The summed E-state index contributed by atoms with van der Waals surface area (Å²) in [5, 5.41) is 4.00. The van der Waals surface area contributed by atoms with Crippen molar-refractivity contribution in [3.63, 3.8) is 0 Å². The number of amides is 1. The summed E-state index contributed by atoms with van der Waals surface area (Å²) in [4.78, 5) is 18.6. The van der Waals surface area contributed by atoms with E-state index in [1.807, 2.05) is 49.4 Å². The first-order valence-electron chi connectivity index (χ1n) is 9.21. The molecule has 0 fully saturated rings. The summed E-state index contributed by atoms with van der Waals surface area (Å²) in [6, 6.07) is 15.0. The molecule has 29 heavy (non-hydrogen) atoms. The van der Waals surface area contributed by atoms with Crippen LogP contribution >= 0.6 is 0 Å². The van der Waals surface area contributed by atoms with E-state index in [2.05, 4.69) is 10.1 Å². The van der Waals surface area contributed by atoms with Gasteiger partial charge >= 0.3 is 0 Å². The van der Waals surface area contributed by atoms with E-state index >= 15 is 0 Å². The Morgan fingerprint density at radius 2 is 1.93 bits per heavy atom. The largest absolute Gasteiger partial charge is 0.497 e. The highest BCUT2D eigenvalue weighted by atomic mass is 16.5. The molecular weight excluding hydrogens is 370 g/mol. The van der Waals surface area contributed by atoms with Crippen molar-refractivity contribution in [1.29, 1.82) is 0 Å². The monoisotopic (exact) mass is 393 g/mol. The van der Waals surface area contributed by atoms with Gasteiger partial charge < -0.3 is 18.9 Å². The minimum absolute atomic E-state index is 0.162. The third kappa shape index (κ3) is 5.01. The second-order valence-electron chi connectivity index (χ2n) is 6.17. The number of aromatic nitrogens is 2. The Balaban J connectivity index is 1.70. The Morgan fingerprint density at radius 1 is 1.14 bits per heavy atom. The van der Waals surface area contributed by atoms with Crippen molar-refractivity contribution in [3.05, 3.63) is 66.1 Å². The number of hydrogen-bond donors (Lipinski definition) is 0. The van der Waals surface area contributed by atoms with Crippen LogP contribution in [0, 0.1) is 0 Å². The van der Waals surface area contributed by atoms with Crippen LogP contribution < -0.4 is 9.47 Å². The average Bonchev–Trinajstić information content (AvgIpc) is 3.25. The molecule has 3 aromatic rings. The van der Waals surface area contributed by atoms with Crippen molar-refractivity contribution in [3.8, 4) is 22.9 Å². The van der Waals surface area contributed by atoms with E-state index in [-0.39, 0.29) is 12.5 Å². The highest BCUT2D eigenvalue weighted by molar-refractivity contribution is 5.92. The topological polar surface area (TPSA) is 77.7 Å². The molecule has 0 bridgehead atoms. The number of likely N-dealkylation sites (N-methyl/N-ethyl adjacent to an activating group) is 1. The molecule has 1 amide bonds. The normalized spacial score (nSPS) is 10.9. The molecule has 7 nitrogen and oxygen atoms in total. The predicted octanol–water partition coefficient (Wildman–Crippen LogP) is 3.82. The molecule has 1 heterocycles. The van der Waals surface area contributed by atoms with Gasteiger partial charge in [0.05, 0.1) is 14.2 Å². The van der Waals surface area contributed by atoms with E-state index in [0.717, 1.165) is 11.1 Å². The first kappa shape index (κ1) is 20.1. The first-order valence-corrected chi connectivity index (χ1v) is 9.21. The maximum absolute atomic E-state index is 12.6. The second-order valence-corrected chi connectivity index (χ2v) is 6.17. The van der Waals surface area contributed by atoms with Gasteiger partial charge in [0.25, 0.3) is 0 Å². The second kappa shape index (κ2) is 9.54. The Labute approximate surface area is 169 Å². The lowest BCUT2D eigenvalue weighted by atomic mass is 10.1. The number of carbonyl (C=O) groups is 1. The van der Waals surface area contributed by atoms with Crippen LogP contribution in [-0.4, -0.2) is 41.7 Å². The number of nitrogens with zero attached hydrogens (tertiary/aromatic N) is 3. The predicted molar refractivity (Wildman–Crippen MR) is 109 cm³/mol. The van der Waals surface area contributed by atoms with Gasteiger partial charge in [-0.25, -0.2) is 0 Å². The summed E-state index contributed by atoms with van der Waals surface area (Å²) in [6.45, 7) is 2.64. The molecule has 0 aliphatic carbocycles. The molecule has 0 aliphatic heterocycles. The summed E-state index contributed by atoms with van der Waals surface area (Å²) in [6.07, 6.45) is 3.22. The minimum atomic E-state index is -0.162. The third-order valence-corrected chi connectivity index (χ3v) is 4.37. The van der Waals surface area contributed by atoms with Crippen LogP contribution in [0.1, 0.15) is 18.4 Å². The van der Waals surface area contributed by atoms with Crippen molar-refractivity contribution >= 4 is 12.0 Å². The molecule has 0 unspecified atom stereocenters. The quantitative estimate of drug-likeness (QED) is 0.542. The zero-order chi connectivity index (χ0) is 20.6. The summed E-state index contributed by atoms with van der Waals surface area (Å²) in [5.41, 5.74) is 1.64. The molecule has 0 radical (unpaired) electrons. The first-order chi connectivity index (χ1) is 14.1. The Hall–Kier alpha value is -3.61. The van der Waals surface area contributed by atoms with Crippen molar-refractivity contribution in [2.75, 3.05) is 20.8 Å². The summed E-state index contributed by atoms with van der Waals surface area (Å²) >= 11 is 0. The number of methoxy groups -OCH3 is 2. The van der Waals surface area contributed by atoms with Gasteiger partial charge in [-0.2, -0.15) is 4.98 Å². The van der Waals surface area contributed by atoms with Gasteiger partial charge in [-0.15, -0.1) is 0 Å². The van der Waals surface area contributed by atoms with Gasteiger partial charge in [-0.3, -0.25) is 4.79 Å². The maximum Gasteiger partial charge on any atom is 0.247 e. The standard InChI is InChI=1S/C22H23N3O4/c1-4-25(15-20-23-22(24-29-20)17-8-6-5-7-9-17)21(26)13-11-16-10-12-18(27-2)14-19(16)28-3/h5-14H,4,15H2,1-3H3/b13-11+. The van der Waals surface area contributed by atoms with Crippen molar-refractivity contribution in [2.45, 2.75) is 13.5 Å². The molecule has 0 saturated heterocycles. The lowest BCUT2D eigenvalue weighted by molar-refractivity contribution is -0.126. The molecule has 0 spiro atoms. The van der Waals surface area contributed by atoms with Gasteiger partial charge in [-0.05, 0) is 25.1 Å². The molecule has 150 valence electrons. The van der Waals surface area contributed by atoms with Crippen molar-refractivity contribution < 1.29 is 18.8 Å².